The Morgan fingerprint density at radius 1 is 1.50 bits per heavy atom. The van der Waals surface area contributed by atoms with E-state index >= 15 is 0 Å². The lowest BCUT2D eigenvalue weighted by Crippen LogP contribution is -2.17. The number of rotatable bonds is 4. The molecule has 0 radical (unpaired) electrons. The normalized spacial score (nSPS) is 12.9. The predicted molar refractivity (Wildman–Crippen MR) is 65.3 cm³/mol. The number of aryl methyl sites for hydroxylation is 2. The third kappa shape index (κ3) is 2.68. The minimum absolute atomic E-state index is 0.362. The summed E-state index contributed by atoms with van der Waals surface area (Å²) in [6.45, 7) is 5.05. The fourth-order valence-corrected chi connectivity index (χ4v) is 2.42. The summed E-state index contributed by atoms with van der Waals surface area (Å²) in [7, 11) is 1.88. The summed E-state index contributed by atoms with van der Waals surface area (Å²) in [5.74, 6) is 0. The average Bonchev–Trinajstić information content (AvgIpc) is 2.84. The van der Waals surface area contributed by atoms with Gasteiger partial charge in [0.25, 0.3) is 0 Å². The second-order valence-corrected chi connectivity index (χ2v) is 5.25. The van der Waals surface area contributed by atoms with Crippen LogP contribution in [0.4, 0.5) is 0 Å². The number of thiophene rings is 1. The summed E-state index contributed by atoms with van der Waals surface area (Å²) in [5.41, 5.74) is 0.975. The minimum Gasteiger partial charge on any atom is -0.304 e. The van der Waals surface area contributed by atoms with Gasteiger partial charge in [0, 0.05) is 35.6 Å². The van der Waals surface area contributed by atoms with Crippen molar-refractivity contribution in [2.45, 2.75) is 26.4 Å². The largest absolute Gasteiger partial charge is 0.304 e. The second-order valence-electron chi connectivity index (χ2n) is 3.93. The molecule has 5 heteroatoms. The van der Waals surface area contributed by atoms with Crippen molar-refractivity contribution < 1.29 is 0 Å². The number of hydrogen-bond donors (Lipinski definition) is 1. The zero-order valence-corrected chi connectivity index (χ0v) is 10.6. The highest BCUT2D eigenvalue weighted by Crippen LogP contribution is 2.22. The fourth-order valence-electron chi connectivity index (χ4n) is 1.52. The third-order valence-electron chi connectivity index (χ3n) is 2.43. The molecule has 0 saturated carbocycles. The van der Waals surface area contributed by atoms with Crippen molar-refractivity contribution in [2.24, 2.45) is 7.05 Å². The molecule has 16 heavy (non-hydrogen) atoms. The van der Waals surface area contributed by atoms with Crippen LogP contribution in [0.15, 0.2) is 18.3 Å². The minimum atomic E-state index is 0.362. The third-order valence-corrected chi connectivity index (χ3v) is 3.61. The van der Waals surface area contributed by atoms with Gasteiger partial charge in [-0.1, -0.05) is 5.21 Å². The van der Waals surface area contributed by atoms with Crippen molar-refractivity contribution in [1.82, 2.24) is 20.3 Å². The van der Waals surface area contributed by atoms with Crippen molar-refractivity contribution in [1.29, 1.82) is 0 Å². The van der Waals surface area contributed by atoms with Crippen LogP contribution in [0, 0.1) is 6.92 Å². The first-order chi connectivity index (χ1) is 7.65. The van der Waals surface area contributed by atoms with Crippen LogP contribution in [0.1, 0.15) is 28.4 Å². The topological polar surface area (TPSA) is 42.7 Å². The molecule has 2 rings (SSSR count). The maximum absolute atomic E-state index is 4.04. The Kier molecular flexibility index (Phi) is 3.36. The summed E-state index contributed by atoms with van der Waals surface area (Å²) < 4.78 is 1.72. The average molecular weight is 236 g/mol. The van der Waals surface area contributed by atoms with Gasteiger partial charge in [-0.05, 0) is 26.0 Å². The molecule has 0 amide bonds. The smallest absolute Gasteiger partial charge is 0.0964 e. The highest BCUT2D eigenvalue weighted by molar-refractivity contribution is 7.12. The lowest BCUT2D eigenvalue weighted by molar-refractivity contribution is 0.574. The van der Waals surface area contributed by atoms with E-state index in [1.54, 1.807) is 4.68 Å². The molecule has 1 unspecified atom stereocenters. The fraction of sp³-hybridized carbons (Fsp3) is 0.455. The molecule has 2 aromatic rings. The Labute approximate surface area is 99.3 Å². The number of nitrogens with zero attached hydrogens (tertiary/aromatic N) is 3. The van der Waals surface area contributed by atoms with Gasteiger partial charge in [0.15, 0.2) is 0 Å². The molecule has 2 aromatic heterocycles. The van der Waals surface area contributed by atoms with Gasteiger partial charge >= 0.3 is 0 Å². The molecule has 0 bridgehead atoms. The highest BCUT2D eigenvalue weighted by Gasteiger charge is 2.07. The van der Waals surface area contributed by atoms with Gasteiger partial charge < -0.3 is 5.32 Å². The maximum atomic E-state index is 4.04. The van der Waals surface area contributed by atoms with Crippen LogP contribution >= 0.6 is 11.3 Å². The summed E-state index contributed by atoms with van der Waals surface area (Å²) >= 11 is 1.83. The van der Waals surface area contributed by atoms with Crippen molar-refractivity contribution in [3.8, 4) is 0 Å². The predicted octanol–water partition coefficient (Wildman–Crippen LogP) is 2.04. The molecular weight excluding hydrogens is 220 g/mol. The standard InChI is InChI=1S/C11H16N4S/c1-8-4-5-11(16-8)9(2)12-6-10-7-15(3)14-13-10/h4-5,7,9,12H,6H2,1-3H3. The Bertz CT molecular complexity index is 460. The van der Waals surface area contributed by atoms with E-state index < -0.39 is 0 Å². The Morgan fingerprint density at radius 3 is 2.88 bits per heavy atom. The lowest BCUT2D eigenvalue weighted by Gasteiger charge is -2.10. The summed E-state index contributed by atoms with van der Waals surface area (Å²) in [6.07, 6.45) is 1.93. The maximum Gasteiger partial charge on any atom is 0.0964 e. The molecule has 0 fully saturated rings. The summed E-state index contributed by atoms with van der Waals surface area (Å²) in [6, 6.07) is 4.69. The Hall–Kier alpha value is -1.20. The molecule has 1 atom stereocenters. The molecule has 0 aliphatic rings. The summed E-state index contributed by atoms with van der Waals surface area (Å²) in [5, 5.41) is 11.4. The molecular formula is C11H16N4S. The van der Waals surface area contributed by atoms with Crippen LogP contribution < -0.4 is 5.32 Å². The molecule has 0 aromatic carbocycles. The van der Waals surface area contributed by atoms with Gasteiger partial charge in [-0.2, -0.15) is 0 Å². The molecule has 0 saturated heterocycles. The van der Waals surface area contributed by atoms with Gasteiger partial charge in [-0.15, -0.1) is 16.4 Å². The van der Waals surface area contributed by atoms with Crippen molar-refractivity contribution in [3.05, 3.63) is 33.8 Å². The number of aromatic nitrogens is 3. The van der Waals surface area contributed by atoms with Gasteiger partial charge in [0.2, 0.25) is 0 Å². The Balaban J connectivity index is 1.91. The van der Waals surface area contributed by atoms with Gasteiger partial charge in [-0.25, -0.2) is 0 Å². The van der Waals surface area contributed by atoms with Crippen molar-refractivity contribution >= 4 is 11.3 Å². The zero-order chi connectivity index (χ0) is 11.5. The monoisotopic (exact) mass is 236 g/mol. The van der Waals surface area contributed by atoms with E-state index in [1.807, 2.05) is 24.6 Å². The van der Waals surface area contributed by atoms with E-state index in [0.717, 1.165) is 12.2 Å². The molecule has 2 heterocycles. The molecule has 1 N–H and O–H groups in total. The van der Waals surface area contributed by atoms with Crippen LogP contribution in [0.2, 0.25) is 0 Å². The van der Waals surface area contributed by atoms with E-state index in [1.165, 1.54) is 9.75 Å². The molecule has 86 valence electrons. The lowest BCUT2D eigenvalue weighted by atomic mass is 10.2. The van der Waals surface area contributed by atoms with Crippen LogP contribution in [-0.2, 0) is 13.6 Å². The molecule has 0 aliphatic carbocycles. The first kappa shape index (κ1) is 11.3. The van der Waals surface area contributed by atoms with Gasteiger partial charge in [-0.3, -0.25) is 4.68 Å². The zero-order valence-electron chi connectivity index (χ0n) is 9.77. The van der Waals surface area contributed by atoms with Crippen LogP contribution in [0.25, 0.3) is 0 Å². The van der Waals surface area contributed by atoms with Gasteiger partial charge in [0.05, 0.1) is 5.69 Å². The Morgan fingerprint density at radius 2 is 2.31 bits per heavy atom. The quantitative estimate of drug-likeness (QED) is 0.883. The molecule has 0 spiro atoms. The van der Waals surface area contributed by atoms with Gasteiger partial charge in [0.1, 0.15) is 0 Å². The van der Waals surface area contributed by atoms with Crippen molar-refractivity contribution in [2.75, 3.05) is 0 Å². The van der Waals surface area contributed by atoms with E-state index in [2.05, 4.69) is 41.6 Å². The number of hydrogen-bond acceptors (Lipinski definition) is 4. The van der Waals surface area contributed by atoms with Crippen LogP contribution in [-0.4, -0.2) is 15.0 Å². The van der Waals surface area contributed by atoms with Crippen LogP contribution in [0.5, 0.6) is 0 Å². The second kappa shape index (κ2) is 4.76. The van der Waals surface area contributed by atoms with E-state index in [9.17, 15) is 0 Å². The van der Waals surface area contributed by atoms with Crippen LogP contribution in [0.3, 0.4) is 0 Å². The first-order valence-electron chi connectivity index (χ1n) is 5.30. The van der Waals surface area contributed by atoms with E-state index in [4.69, 9.17) is 0 Å². The first-order valence-corrected chi connectivity index (χ1v) is 6.11. The SMILES string of the molecule is Cc1ccc(C(C)NCc2cn(C)nn2)s1. The van der Waals surface area contributed by atoms with Crippen molar-refractivity contribution in [3.63, 3.8) is 0 Å². The molecule has 0 aliphatic heterocycles. The highest BCUT2D eigenvalue weighted by atomic mass is 32.1. The summed E-state index contributed by atoms with van der Waals surface area (Å²) in [4.78, 5) is 2.71. The number of nitrogens with one attached hydrogen (secondary N) is 1. The van der Waals surface area contributed by atoms with E-state index in [0.29, 0.717) is 6.04 Å². The molecule has 4 nitrogen and oxygen atoms in total. The van der Waals surface area contributed by atoms with E-state index in [-0.39, 0.29) is 0 Å².